The third kappa shape index (κ3) is 3.60. The van der Waals surface area contributed by atoms with Crippen molar-refractivity contribution < 1.29 is 18.3 Å². The van der Waals surface area contributed by atoms with E-state index in [1.165, 1.54) is 12.1 Å². The molecule has 0 fully saturated rings. The molecule has 0 amide bonds. The number of rotatable bonds is 5. The van der Waals surface area contributed by atoms with E-state index >= 15 is 4.39 Å². The van der Waals surface area contributed by atoms with E-state index in [1.807, 2.05) is 36.4 Å². The first-order chi connectivity index (χ1) is 20.3. The predicted molar refractivity (Wildman–Crippen MR) is 165 cm³/mol. The van der Waals surface area contributed by atoms with E-state index in [0.717, 1.165) is 68.5 Å². The average molecular weight is 559 g/mol. The van der Waals surface area contributed by atoms with Crippen LogP contribution in [0, 0.1) is 18.6 Å². The first-order valence-electron chi connectivity index (χ1n) is 14.5. The Balaban J connectivity index is 1.58. The van der Waals surface area contributed by atoms with Crippen molar-refractivity contribution in [1.29, 1.82) is 0 Å². The van der Waals surface area contributed by atoms with Crippen molar-refractivity contribution in [2.24, 2.45) is 0 Å². The molecule has 210 valence electrons. The van der Waals surface area contributed by atoms with Crippen LogP contribution in [0.2, 0.25) is 0 Å². The maximum absolute atomic E-state index is 15.0. The van der Waals surface area contributed by atoms with Gasteiger partial charge in [0.1, 0.15) is 23.1 Å². The molecule has 4 heteroatoms. The molecule has 2 aliphatic rings. The summed E-state index contributed by atoms with van der Waals surface area (Å²) in [5.74, 6) is 0.815. The van der Waals surface area contributed by atoms with Gasteiger partial charge in [-0.05, 0) is 89.9 Å². The van der Waals surface area contributed by atoms with Gasteiger partial charge in [-0.1, -0.05) is 74.0 Å². The third-order valence-electron chi connectivity index (χ3n) is 9.46. The minimum Gasteiger partial charge on any atom is -0.497 e. The van der Waals surface area contributed by atoms with Gasteiger partial charge in [0.15, 0.2) is 5.60 Å². The molecule has 1 aliphatic heterocycles. The molecule has 5 aromatic rings. The normalized spacial score (nSPS) is 17.9. The highest BCUT2D eigenvalue weighted by Crippen LogP contribution is 2.60. The van der Waals surface area contributed by atoms with Gasteiger partial charge < -0.3 is 9.47 Å². The van der Waals surface area contributed by atoms with Crippen molar-refractivity contribution in [2.45, 2.75) is 44.6 Å². The molecule has 7 rings (SSSR count). The average Bonchev–Trinajstić information content (AvgIpc) is 3.31. The predicted octanol–water partition coefficient (Wildman–Crippen LogP) is 9.87. The summed E-state index contributed by atoms with van der Waals surface area (Å²) in [5.41, 5.74) is 6.78. The molecule has 1 heterocycles. The number of benzene rings is 5. The van der Waals surface area contributed by atoms with Gasteiger partial charge in [-0.3, -0.25) is 0 Å². The molecule has 0 radical (unpaired) electrons. The number of halogens is 2. The monoisotopic (exact) mass is 558 g/mol. The SMILES string of the molecule is CCC1(CC)c2cc(F)ccc2-c2c1c1c(c3cc(F)ccc23)OC(c2ccc(C)cc2)(c2ccc(OC)cc2)C=C1. The number of hydrogen-bond donors (Lipinski definition) is 0. The Bertz CT molecular complexity index is 1880. The number of aryl methyl sites for hydroxylation is 1. The van der Waals surface area contributed by atoms with Gasteiger partial charge in [-0.15, -0.1) is 0 Å². The van der Waals surface area contributed by atoms with Gasteiger partial charge in [0, 0.05) is 27.5 Å². The second-order valence-electron chi connectivity index (χ2n) is 11.4. The second kappa shape index (κ2) is 9.55. The maximum atomic E-state index is 15.0. The van der Waals surface area contributed by atoms with Crippen LogP contribution >= 0.6 is 0 Å². The van der Waals surface area contributed by atoms with Crippen molar-refractivity contribution in [1.82, 2.24) is 0 Å². The lowest BCUT2D eigenvalue weighted by molar-refractivity contribution is 0.163. The number of hydrogen-bond acceptors (Lipinski definition) is 2. The molecule has 0 bridgehead atoms. The highest BCUT2D eigenvalue weighted by Gasteiger charge is 2.47. The van der Waals surface area contributed by atoms with Crippen LogP contribution in [0.25, 0.3) is 28.0 Å². The van der Waals surface area contributed by atoms with Crippen LogP contribution in [0.1, 0.15) is 60.1 Å². The first-order valence-corrected chi connectivity index (χ1v) is 14.5. The summed E-state index contributed by atoms with van der Waals surface area (Å²) < 4.78 is 42.5. The van der Waals surface area contributed by atoms with Gasteiger partial charge in [0.25, 0.3) is 0 Å². The van der Waals surface area contributed by atoms with E-state index in [9.17, 15) is 4.39 Å². The van der Waals surface area contributed by atoms with E-state index < -0.39 is 11.0 Å². The Morgan fingerprint density at radius 2 is 1.40 bits per heavy atom. The zero-order valence-corrected chi connectivity index (χ0v) is 24.2. The highest BCUT2D eigenvalue weighted by molar-refractivity contribution is 6.08. The van der Waals surface area contributed by atoms with E-state index in [0.29, 0.717) is 11.1 Å². The molecule has 1 unspecified atom stereocenters. The molecule has 0 saturated heterocycles. The van der Waals surface area contributed by atoms with Gasteiger partial charge in [0.2, 0.25) is 0 Å². The summed E-state index contributed by atoms with van der Waals surface area (Å²) in [6, 6.07) is 26.3. The van der Waals surface area contributed by atoms with Crippen molar-refractivity contribution in [3.8, 4) is 22.6 Å². The Hall–Kier alpha value is -4.44. The van der Waals surface area contributed by atoms with Crippen molar-refractivity contribution >= 4 is 16.8 Å². The summed E-state index contributed by atoms with van der Waals surface area (Å²) in [4.78, 5) is 0. The van der Waals surface area contributed by atoms with Crippen LogP contribution in [-0.2, 0) is 11.0 Å². The minimum absolute atomic E-state index is 0.248. The molecule has 1 atom stereocenters. The molecular formula is C38H32F2O2. The lowest BCUT2D eigenvalue weighted by Gasteiger charge is -2.39. The summed E-state index contributed by atoms with van der Waals surface area (Å²) in [6.07, 6.45) is 5.85. The molecule has 0 aromatic heterocycles. The number of fused-ring (bicyclic) bond motifs is 8. The largest absolute Gasteiger partial charge is 0.497 e. The first kappa shape index (κ1) is 26.5. The second-order valence-corrected chi connectivity index (χ2v) is 11.4. The Kier molecular flexibility index (Phi) is 6.02. The quantitative estimate of drug-likeness (QED) is 0.214. The minimum atomic E-state index is -0.959. The molecule has 1 aliphatic carbocycles. The fraction of sp³-hybridized carbons (Fsp3) is 0.211. The molecule has 5 aromatic carbocycles. The Morgan fingerprint density at radius 3 is 2.07 bits per heavy atom. The maximum Gasteiger partial charge on any atom is 0.178 e. The molecule has 0 N–H and O–H groups in total. The van der Waals surface area contributed by atoms with Gasteiger partial charge in [-0.25, -0.2) is 8.78 Å². The molecule has 0 spiro atoms. The Labute approximate surface area is 245 Å². The third-order valence-corrected chi connectivity index (χ3v) is 9.46. The van der Waals surface area contributed by atoms with E-state index in [1.54, 1.807) is 19.2 Å². The fourth-order valence-corrected chi connectivity index (χ4v) is 7.26. The van der Waals surface area contributed by atoms with Gasteiger partial charge in [-0.2, -0.15) is 0 Å². The zero-order chi connectivity index (χ0) is 29.2. The van der Waals surface area contributed by atoms with Crippen molar-refractivity contribution in [2.75, 3.05) is 7.11 Å². The van der Waals surface area contributed by atoms with E-state index in [2.05, 4.69) is 57.2 Å². The van der Waals surface area contributed by atoms with Crippen LogP contribution in [0.15, 0.2) is 91.0 Å². The molecule has 2 nitrogen and oxygen atoms in total. The van der Waals surface area contributed by atoms with Crippen LogP contribution in [-0.4, -0.2) is 7.11 Å². The van der Waals surface area contributed by atoms with Crippen LogP contribution in [0.5, 0.6) is 11.5 Å². The standard InChI is InChI=1S/C38H32F2O2/c1-5-37(6-2)33-22-27(40)14-18-30(33)34-29-17-13-26(39)21-32(29)36-31(35(34)37)19-20-38(42-36,24-9-7-23(3)8-10-24)25-11-15-28(41-4)16-12-25/h7-22H,5-6H2,1-4H3. The lowest BCUT2D eigenvalue weighted by Crippen LogP contribution is -2.35. The number of methoxy groups -OCH3 is 1. The van der Waals surface area contributed by atoms with E-state index in [-0.39, 0.29) is 11.6 Å². The van der Waals surface area contributed by atoms with Gasteiger partial charge in [0.05, 0.1) is 7.11 Å². The molecular weight excluding hydrogens is 526 g/mol. The number of ether oxygens (including phenoxy) is 2. The van der Waals surface area contributed by atoms with Crippen LogP contribution in [0.4, 0.5) is 8.78 Å². The molecule has 0 saturated carbocycles. The topological polar surface area (TPSA) is 18.5 Å². The van der Waals surface area contributed by atoms with Crippen molar-refractivity contribution in [3.63, 3.8) is 0 Å². The van der Waals surface area contributed by atoms with Crippen molar-refractivity contribution in [3.05, 3.63) is 136 Å². The summed E-state index contributed by atoms with van der Waals surface area (Å²) in [7, 11) is 1.65. The molecule has 42 heavy (non-hydrogen) atoms. The fourth-order valence-electron chi connectivity index (χ4n) is 7.26. The highest BCUT2D eigenvalue weighted by atomic mass is 19.1. The summed E-state index contributed by atoms with van der Waals surface area (Å²) in [5, 5.41) is 1.61. The van der Waals surface area contributed by atoms with E-state index in [4.69, 9.17) is 9.47 Å². The van der Waals surface area contributed by atoms with Gasteiger partial charge >= 0.3 is 0 Å². The zero-order valence-electron chi connectivity index (χ0n) is 24.2. The summed E-state index contributed by atoms with van der Waals surface area (Å²) in [6.45, 7) is 6.39. The smallest absolute Gasteiger partial charge is 0.178 e. The summed E-state index contributed by atoms with van der Waals surface area (Å²) >= 11 is 0. The lowest BCUT2D eigenvalue weighted by atomic mass is 9.71. The van der Waals surface area contributed by atoms with Crippen LogP contribution < -0.4 is 9.47 Å². The Morgan fingerprint density at radius 1 is 0.762 bits per heavy atom. The van der Waals surface area contributed by atoms with Crippen LogP contribution in [0.3, 0.4) is 0 Å².